The molecular weight excluding hydrogens is 246 g/mol. The molecule has 0 aliphatic carbocycles. The van der Waals surface area contributed by atoms with Crippen molar-refractivity contribution in [3.8, 4) is 0 Å². The number of hydroxylamine groups is 1. The van der Waals surface area contributed by atoms with E-state index in [9.17, 15) is 9.59 Å². The molecule has 0 spiro atoms. The number of carbonyl (C=O) groups is 2. The van der Waals surface area contributed by atoms with Crippen LogP contribution in [0.1, 0.15) is 37.3 Å². The third-order valence-electron chi connectivity index (χ3n) is 2.45. The van der Waals surface area contributed by atoms with E-state index in [0.717, 1.165) is 5.56 Å². The van der Waals surface area contributed by atoms with Gasteiger partial charge >= 0.3 is 0 Å². The molecule has 1 aromatic rings. The van der Waals surface area contributed by atoms with Crippen molar-refractivity contribution in [3.63, 3.8) is 0 Å². The molecule has 0 aliphatic rings. The zero-order chi connectivity index (χ0) is 14.3. The number of hydrogen-bond donors (Lipinski definition) is 3. The number of hydrogen-bond acceptors (Lipinski definition) is 4. The lowest BCUT2D eigenvalue weighted by Gasteiger charge is -2.04. The first-order chi connectivity index (χ1) is 9.02. The summed E-state index contributed by atoms with van der Waals surface area (Å²) in [4.78, 5) is 21.8. The molecule has 0 heterocycles. The number of benzene rings is 1. The van der Waals surface area contributed by atoms with Gasteiger partial charge in [-0.05, 0) is 17.0 Å². The van der Waals surface area contributed by atoms with Gasteiger partial charge in [0, 0.05) is 0 Å². The summed E-state index contributed by atoms with van der Waals surface area (Å²) >= 11 is 0. The molecule has 6 nitrogen and oxygen atoms in total. The van der Waals surface area contributed by atoms with Crippen LogP contribution in [-0.2, 0) is 9.59 Å². The average Bonchev–Trinajstić information content (AvgIpc) is 2.39. The number of carbonyl (C=O) groups excluding carboxylic acids is 2. The summed E-state index contributed by atoms with van der Waals surface area (Å²) in [7, 11) is 0. The van der Waals surface area contributed by atoms with Crippen LogP contribution in [-0.4, -0.2) is 23.2 Å². The Kier molecular flexibility index (Phi) is 5.69. The highest BCUT2D eigenvalue weighted by Gasteiger charge is 2.06. The van der Waals surface area contributed by atoms with E-state index >= 15 is 0 Å². The van der Waals surface area contributed by atoms with Crippen molar-refractivity contribution in [1.82, 2.24) is 10.9 Å². The Morgan fingerprint density at radius 3 is 2.42 bits per heavy atom. The van der Waals surface area contributed by atoms with Crippen LogP contribution in [0.25, 0.3) is 0 Å². The van der Waals surface area contributed by atoms with Crippen LogP contribution in [0.2, 0.25) is 0 Å². The first-order valence-electron chi connectivity index (χ1n) is 5.87. The second-order valence-corrected chi connectivity index (χ2v) is 4.33. The van der Waals surface area contributed by atoms with Gasteiger partial charge in [-0.2, -0.15) is 5.10 Å². The summed E-state index contributed by atoms with van der Waals surface area (Å²) in [5.41, 5.74) is 5.63. The Labute approximate surface area is 111 Å². The highest BCUT2D eigenvalue weighted by atomic mass is 16.5. The minimum Gasteiger partial charge on any atom is -0.289 e. The molecule has 6 heteroatoms. The smallest absolute Gasteiger partial charge is 0.252 e. The predicted molar refractivity (Wildman–Crippen MR) is 70.8 cm³/mol. The van der Waals surface area contributed by atoms with E-state index in [1.165, 1.54) is 17.3 Å². The topological polar surface area (TPSA) is 90.8 Å². The summed E-state index contributed by atoms with van der Waals surface area (Å²) in [6.45, 7) is 4.21. The molecule has 3 N–H and O–H groups in total. The lowest BCUT2D eigenvalue weighted by molar-refractivity contribution is -0.134. The summed E-state index contributed by atoms with van der Waals surface area (Å²) in [6.07, 6.45) is 1.01. The van der Waals surface area contributed by atoms with E-state index in [0.29, 0.717) is 5.92 Å². The van der Waals surface area contributed by atoms with Gasteiger partial charge in [0.2, 0.25) is 5.91 Å². The second kappa shape index (κ2) is 7.27. The molecule has 0 bridgehead atoms. The molecule has 1 aromatic carbocycles. The van der Waals surface area contributed by atoms with E-state index in [1.54, 1.807) is 0 Å². The highest BCUT2D eigenvalue weighted by molar-refractivity contribution is 5.96. The Hall–Kier alpha value is -2.21. The first-order valence-corrected chi connectivity index (χ1v) is 5.87. The van der Waals surface area contributed by atoms with Crippen LogP contribution in [0.4, 0.5) is 0 Å². The monoisotopic (exact) mass is 263 g/mol. The molecule has 19 heavy (non-hydrogen) atoms. The van der Waals surface area contributed by atoms with Crippen LogP contribution in [0.3, 0.4) is 0 Å². The Bertz CT molecular complexity index is 467. The SMILES string of the molecule is CC(C)c1ccc(/C=N/NC(=O)CC(=O)NO)cc1. The molecule has 0 saturated heterocycles. The van der Waals surface area contributed by atoms with Crippen molar-refractivity contribution in [3.05, 3.63) is 35.4 Å². The van der Waals surface area contributed by atoms with E-state index in [1.807, 2.05) is 24.3 Å². The second-order valence-electron chi connectivity index (χ2n) is 4.33. The van der Waals surface area contributed by atoms with Crippen LogP contribution in [0.15, 0.2) is 29.4 Å². The molecule has 0 atom stereocenters. The zero-order valence-corrected chi connectivity index (χ0v) is 10.9. The maximum atomic E-state index is 11.1. The third-order valence-corrected chi connectivity index (χ3v) is 2.45. The molecule has 102 valence electrons. The molecule has 0 unspecified atom stereocenters. The van der Waals surface area contributed by atoms with Crippen LogP contribution >= 0.6 is 0 Å². The molecule has 0 aliphatic heterocycles. The number of rotatable bonds is 5. The largest absolute Gasteiger partial charge is 0.289 e. The Morgan fingerprint density at radius 2 is 1.89 bits per heavy atom. The number of hydrazone groups is 1. The molecular formula is C13H17N3O3. The standard InChI is InChI=1S/C13H17N3O3/c1-9(2)11-5-3-10(4-6-11)8-14-15-12(17)7-13(18)16-19/h3-6,8-9,19H,7H2,1-2H3,(H,15,17)(H,16,18)/b14-8+. The van der Waals surface area contributed by atoms with E-state index < -0.39 is 18.2 Å². The van der Waals surface area contributed by atoms with Crippen LogP contribution in [0, 0.1) is 0 Å². The normalized spacial score (nSPS) is 10.7. The van der Waals surface area contributed by atoms with Crippen molar-refractivity contribution >= 4 is 18.0 Å². The van der Waals surface area contributed by atoms with Crippen LogP contribution < -0.4 is 10.9 Å². The fourth-order valence-electron chi connectivity index (χ4n) is 1.37. The van der Waals surface area contributed by atoms with Gasteiger partial charge in [0.15, 0.2) is 0 Å². The maximum Gasteiger partial charge on any atom is 0.252 e. The van der Waals surface area contributed by atoms with Gasteiger partial charge in [0.05, 0.1) is 6.21 Å². The van der Waals surface area contributed by atoms with Gasteiger partial charge in [0.1, 0.15) is 6.42 Å². The zero-order valence-electron chi connectivity index (χ0n) is 10.9. The summed E-state index contributed by atoms with van der Waals surface area (Å²) < 4.78 is 0. The predicted octanol–water partition coefficient (Wildman–Crippen LogP) is 1.16. The van der Waals surface area contributed by atoms with Gasteiger partial charge in [-0.15, -0.1) is 0 Å². The molecule has 0 aromatic heterocycles. The highest BCUT2D eigenvalue weighted by Crippen LogP contribution is 2.13. The minimum atomic E-state index is -0.783. The van der Waals surface area contributed by atoms with Crippen molar-refractivity contribution in [1.29, 1.82) is 0 Å². The minimum absolute atomic E-state index is 0.461. The average molecular weight is 263 g/mol. The van der Waals surface area contributed by atoms with Gasteiger partial charge in [-0.1, -0.05) is 38.1 Å². The van der Waals surface area contributed by atoms with Gasteiger partial charge in [-0.25, -0.2) is 10.9 Å². The number of nitrogens with one attached hydrogen (secondary N) is 2. The third kappa shape index (κ3) is 5.31. The van der Waals surface area contributed by atoms with E-state index in [-0.39, 0.29) is 0 Å². The molecule has 0 radical (unpaired) electrons. The summed E-state index contributed by atoms with van der Waals surface area (Å²) in [5, 5.41) is 12.0. The maximum absolute atomic E-state index is 11.1. The first kappa shape index (κ1) is 14.8. The fraction of sp³-hybridized carbons (Fsp3) is 0.308. The van der Waals surface area contributed by atoms with Gasteiger partial charge in [0.25, 0.3) is 5.91 Å². The van der Waals surface area contributed by atoms with Crippen molar-refractivity contribution in [2.45, 2.75) is 26.2 Å². The van der Waals surface area contributed by atoms with Gasteiger partial charge in [-0.3, -0.25) is 14.8 Å². The lowest BCUT2D eigenvalue weighted by Crippen LogP contribution is -2.27. The Balaban J connectivity index is 2.48. The molecule has 0 fully saturated rings. The quantitative estimate of drug-likeness (QED) is 0.322. The van der Waals surface area contributed by atoms with E-state index in [2.05, 4.69) is 24.4 Å². The summed E-state index contributed by atoms with van der Waals surface area (Å²) in [6, 6.07) is 7.77. The van der Waals surface area contributed by atoms with Crippen LogP contribution in [0.5, 0.6) is 0 Å². The van der Waals surface area contributed by atoms with E-state index in [4.69, 9.17) is 5.21 Å². The van der Waals surface area contributed by atoms with Crippen molar-refractivity contribution in [2.24, 2.45) is 5.10 Å². The Morgan fingerprint density at radius 1 is 1.26 bits per heavy atom. The fourth-order valence-corrected chi connectivity index (χ4v) is 1.37. The van der Waals surface area contributed by atoms with Crippen molar-refractivity contribution < 1.29 is 14.8 Å². The number of nitrogens with zero attached hydrogens (tertiary/aromatic N) is 1. The van der Waals surface area contributed by atoms with Gasteiger partial charge < -0.3 is 0 Å². The van der Waals surface area contributed by atoms with Crippen molar-refractivity contribution in [2.75, 3.05) is 0 Å². The molecule has 0 saturated carbocycles. The number of amides is 2. The lowest BCUT2D eigenvalue weighted by atomic mass is 10.0. The summed E-state index contributed by atoms with van der Waals surface area (Å²) in [5.74, 6) is -0.918. The molecule has 1 rings (SSSR count). The molecule has 2 amide bonds.